The Bertz CT molecular complexity index is 230. The Labute approximate surface area is 104 Å². The molecule has 0 aliphatic carbocycles. The molecule has 0 aromatic carbocycles. The standard InChI is InChI=1S/C12H25N3O2/c1-4-11(2)15(9-10-17-3)12(16)14-7-5-13-6-8-14/h11,13H,4-10H2,1-3H3. The first-order valence-electron chi connectivity index (χ1n) is 6.45. The van der Waals surface area contributed by atoms with E-state index >= 15 is 0 Å². The average molecular weight is 243 g/mol. The lowest BCUT2D eigenvalue weighted by Gasteiger charge is -2.36. The highest BCUT2D eigenvalue weighted by Gasteiger charge is 2.24. The van der Waals surface area contributed by atoms with E-state index in [2.05, 4.69) is 19.2 Å². The summed E-state index contributed by atoms with van der Waals surface area (Å²) in [6, 6.07) is 0.422. The van der Waals surface area contributed by atoms with E-state index in [1.807, 2.05) is 9.80 Å². The molecule has 1 rings (SSSR count). The third kappa shape index (κ3) is 4.16. The number of carbonyl (C=O) groups excluding carboxylic acids is 1. The molecule has 1 atom stereocenters. The van der Waals surface area contributed by atoms with Gasteiger partial charge in [0, 0.05) is 45.9 Å². The van der Waals surface area contributed by atoms with Crippen LogP contribution >= 0.6 is 0 Å². The molecule has 1 aliphatic rings. The van der Waals surface area contributed by atoms with Crippen molar-refractivity contribution < 1.29 is 9.53 Å². The molecule has 5 heteroatoms. The molecule has 0 aromatic heterocycles. The zero-order valence-corrected chi connectivity index (χ0v) is 11.2. The van der Waals surface area contributed by atoms with Gasteiger partial charge in [0.2, 0.25) is 0 Å². The van der Waals surface area contributed by atoms with Gasteiger partial charge in [0.05, 0.1) is 6.61 Å². The summed E-state index contributed by atoms with van der Waals surface area (Å²) in [7, 11) is 1.67. The van der Waals surface area contributed by atoms with Crippen molar-refractivity contribution in [1.82, 2.24) is 15.1 Å². The molecule has 2 amide bonds. The molecular weight excluding hydrogens is 218 g/mol. The zero-order valence-electron chi connectivity index (χ0n) is 11.2. The van der Waals surface area contributed by atoms with Crippen LogP contribution in [0, 0.1) is 0 Å². The maximum atomic E-state index is 12.4. The molecule has 0 saturated carbocycles. The number of hydrogen-bond acceptors (Lipinski definition) is 3. The Morgan fingerprint density at radius 1 is 1.47 bits per heavy atom. The Morgan fingerprint density at radius 2 is 2.12 bits per heavy atom. The van der Waals surface area contributed by atoms with Gasteiger partial charge >= 0.3 is 6.03 Å². The highest BCUT2D eigenvalue weighted by Crippen LogP contribution is 2.08. The Morgan fingerprint density at radius 3 is 2.65 bits per heavy atom. The second-order valence-corrected chi connectivity index (χ2v) is 4.46. The second kappa shape index (κ2) is 7.50. The van der Waals surface area contributed by atoms with Gasteiger partial charge in [-0.2, -0.15) is 0 Å². The van der Waals surface area contributed by atoms with Crippen molar-refractivity contribution in [3.63, 3.8) is 0 Å². The highest BCUT2D eigenvalue weighted by atomic mass is 16.5. The minimum atomic E-state index is 0.151. The lowest BCUT2D eigenvalue weighted by molar-refractivity contribution is 0.104. The smallest absolute Gasteiger partial charge is 0.320 e. The van der Waals surface area contributed by atoms with Gasteiger partial charge in [-0.15, -0.1) is 0 Å². The van der Waals surface area contributed by atoms with Gasteiger partial charge in [-0.05, 0) is 13.3 Å². The predicted octanol–water partition coefficient (Wildman–Crippen LogP) is 0.759. The van der Waals surface area contributed by atoms with Gasteiger partial charge in [-0.3, -0.25) is 0 Å². The molecule has 1 aliphatic heterocycles. The molecule has 17 heavy (non-hydrogen) atoms. The van der Waals surface area contributed by atoms with Crippen LogP contribution in [0.5, 0.6) is 0 Å². The molecule has 1 heterocycles. The second-order valence-electron chi connectivity index (χ2n) is 4.46. The summed E-state index contributed by atoms with van der Waals surface area (Å²) in [5, 5.41) is 3.26. The van der Waals surface area contributed by atoms with Crippen molar-refractivity contribution in [2.75, 3.05) is 46.4 Å². The minimum absolute atomic E-state index is 0.151. The highest BCUT2D eigenvalue weighted by molar-refractivity contribution is 5.75. The van der Waals surface area contributed by atoms with Gasteiger partial charge in [-0.1, -0.05) is 6.92 Å². The van der Waals surface area contributed by atoms with Crippen molar-refractivity contribution in [3.05, 3.63) is 0 Å². The van der Waals surface area contributed by atoms with Crippen molar-refractivity contribution in [1.29, 1.82) is 0 Å². The molecule has 5 nitrogen and oxygen atoms in total. The molecule has 1 unspecified atom stereocenters. The molecule has 0 bridgehead atoms. The van der Waals surface area contributed by atoms with Crippen LogP contribution < -0.4 is 5.32 Å². The van der Waals surface area contributed by atoms with Crippen molar-refractivity contribution in [2.24, 2.45) is 0 Å². The predicted molar refractivity (Wildman–Crippen MR) is 68.2 cm³/mol. The quantitative estimate of drug-likeness (QED) is 0.775. The number of carbonyl (C=O) groups is 1. The lowest BCUT2D eigenvalue weighted by atomic mass is 10.2. The first kappa shape index (κ1) is 14.3. The average Bonchev–Trinajstić information content (AvgIpc) is 2.39. The number of hydrogen-bond donors (Lipinski definition) is 1. The van der Waals surface area contributed by atoms with Crippen molar-refractivity contribution >= 4 is 6.03 Å². The van der Waals surface area contributed by atoms with Gasteiger partial charge in [0.15, 0.2) is 0 Å². The van der Waals surface area contributed by atoms with E-state index in [0.717, 1.165) is 32.6 Å². The number of nitrogens with one attached hydrogen (secondary N) is 1. The van der Waals surface area contributed by atoms with E-state index in [0.29, 0.717) is 13.2 Å². The first-order valence-corrected chi connectivity index (χ1v) is 6.45. The molecule has 0 aromatic rings. The summed E-state index contributed by atoms with van der Waals surface area (Å²) >= 11 is 0. The van der Waals surface area contributed by atoms with Gasteiger partial charge < -0.3 is 19.9 Å². The molecule has 1 saturated heterocycles. The fourth-order valence-corrected chi connectivity index (χ4v) is 1.95. The van der Waals surface area contributed by atoms with Crippen LogP contribution in [0.2, 0.25) is 0 Å². The maximum absolute atomic E-state index is 12.4. The fourth-order valence-electron chi connectivity index (χ4n) is 1.95. The summed E-state index contributed by atoms with van der Waals surface area (Å²) in [5.74, 6) is 0. The molecule has 0 spiro atoms. The van der Waals surface area contributed by atoms with E-state index in [9.17, 15) is 4.79 Å². The summed E-state index contributed by atoms with van der Waals surface area (Å²) in [5.41, 5.74) is 0. The van der Waals surface area contributed by atoms with E-state index in [-0.39, 0.29) is 12.1 Å². The fraction of sp³-hybridized carbons (Fsp3) is 0.917. The Balaban J connectivity index is 2.56. The van der Waals surface area contributed by atoms with Crippen molar-refractivity contribution in [3.8, 4) is 0 Å². The van der Waals surface area contributed by atoms with Gasteiger partial charge in [0.25, 0.3) is 0 Å². The SMILES string of the molecule is CCC(C)N(CCOC)C(=O)N1CCNCC1. The number of methoxy groups -OCH3 is 1. The van der Waals surface area contributed by atoms with Crippen LogP contribution in [0.1, 0.15) is 20.3 Å². The van der Waals surface area contributed by atoms with Crippen LogP contribution in [-0.4, -0.2) is 68.3 Å². The summed E-state index contributed by atoms with van der Waals surface area (Å²) < 4.78 is 5.08. The third-order valence-electron chi connectivity index (χ3n) is 3.29. The summed E-state index contributed by atoms with van der Waals surface area (Å²) in [4.78, 5) is 16.2. The molecular formula is C12H25N3O2. The number of ether oxygens (including phenoxy) is 1. The molecule has 1 N–H and O–H groups in total. The van der Waals surface area contributed by atoms with Crippen molar-refractivity contribution in [2.45, 2.75) is 26.3 Å². The largest absolute Gasteiger partial charge is 0.383 e. The van der Waals surface area contributed by atoms with Crippen LogP contribution in [0.3, 0.4) is 0 Å². The lowest BCUT2D eigenvalue weighted by Crippen LogP contribution is -2.54. The number of nitrogens with zero attached hydrogens (tertiary/aromatic N) is 2. The van der Waals surface area contributed by atoms with E-state index in [1.54, 1.807) is 7.11 Å². The summed E-state index contributed by atoms with van der Waals surface area (Å²) in [6.07, 6.45) is 0.974. The monoisotopic (exact) mass is 243 g/mol. The van der Waals surface area contributed by atoms with E-state index in [1.165, 1.54) is 0 Å². The van der Waals surface area contributed by atoms with Gasteiger partial charge in [-0.25, -0.2) is 4.79 Å². The summed E-state index contributed by atoms with van der Waals surface area (Å²) in [6.45, 7) is 8.87. The van der Waals surface area contributed by atoms with Crippen LogP contribution in [0.15, 0.2) is 0 Å². The Kier molecular flexibility index (Phi) is 6.29. The molecule has 1 fully saturated rings. The zero-order chi connectivity index (χ0) is 12.7. The number of rotatable bonds is 5. The van der Waals surface area contributed by atoms with Gasteiger partial charge in [0.1, 0.15) is 0 Å². The van der Waals surface area contributed by atoms with Crippen LogP contribution in [-0.2, 0) is 4.74 Å². The Hall–Kier alpha value is -0.810. The van der Waals surface area contributed by atoms with Crippen LogP contribution in [0.25, 0.3) is 0 Å². The maximum Gasteiger partial charge on any atom is 0.320 e. The minimum Gasteiger partial charge on any atom is -0.383 e. The third-order valence-corrected chi connectivity index (χ3v) is 3.29. The van der Waals surface area contributed by atoms with E-state index in [4.69, 9.17) is 4.74 Å². The molecule has 0 radical (unpaired) electrons. The molecule has 100 valence electrons. The van der Waals surface area contributed by atoms with Crippen LogP contribution in [0.4, 0.5) is 4.79 Å². The van der Waals surface area contributed by atoms with E-state index < -0.39 is 0 Å². The number of urea groups is 1. The topological polar surface area (TPSA) is 44.8 Å². The number of piperazine rings is 1. The first-order chi connectivity index (χ1) is 8.20. The normalized spacial score (nSPS) is 17.9. The number of amides is 2.